The molecule has 0 bridgehead atoms. The zero-order valence-corrected chi connectivity index (χ0v) is 15.1. The number of ketones is 1. The van der Waals surface area contributed by atoms with Crippen molar-refractivity contribution in [2.24, 2.45) is 5.92 Å². The first-order chi connectivity index (χ1) is 11.3. The largest absolute Gasteiger partial charge is 0.444 e. The first kappa shape index (κ1) is 20.2. The Morgan fingerprint density at radius 3 is 2.46 bits per heavy atom. The maximum atomic E-state index is 11.9. The van der Waals surface area contributed by atoms with Gasteiger partial charge in [0.2, 0.25) is 0 Å². The predicted octanol–water partition coefficient (Wildman–Crippen LogP) is 3.71. The van der Waals surface area contributed by atoms with E-state index in [4.69, 9.17) is 9.47 Å². The molecule has 5 nitrogen and oxygen atoms in total. The molecule has 0 saturated heterocycles. The fourth-order valence-corrected chi connectivity index (χ4v) is 2.12. The summed E-state index contributed by atoms with van der Waals surface area (Å²) < 4.78 is 10.8. The molecular formula is C19H29NO4. The van der Waals surface area contributed by atoms with Crippen molar-refractivity contribution in [2.45, 2.75) is 52.7 Å². The lowest BCUT2D eigenvalue weighted by Gasteiger charge is -2.19. The fraction of sp³-hybridized carbons (Fsp3) is 0.579. The predicted molar refractivity (Wildman–Crippen MR) is 93.7 cm³/mol. The molecular weight excluding hydrogens is 306 g/mol. The van der Waals surface area contributed by atoms with Gasteiger partial charge in [-0.3, -0.25) is 4.79 Å². The minimum Gasteiger partial charge on any atom is -0.444 e. The molecule has 0 aliphatic carbocycles. The summed E-state index contributed by atoms with van der Waals surface area (Å²) in [7, 11) is 0. The molecule has 1 rings (SSSR count). The Balaban J connectivity index is 2.12. The molecule has 0 heterocycles. The smallest absolute Gasteiger partial charge is 0.407 e. The summed E-state index contributed by atoms with van der Waals surface area (Å²) in [5.41, 5.74) is 0.594. The highest BCUT2D eigenvalue weighted by Gasteiger charge is 2.16. The zero-order chi connectivity index (χ0) is 18.0. The van der Waals surface area contributed by atoms with Crippen LogP contribution in [0.15, 0.2) is 30.3 Å². The summed E-state index contributed by atoms with van der Waals surface area (Å²) in [6.45, 7) is 8.79. The van der Waals surface area contributed by atoms with E-state index in [0.717, 1.165) is 5.56 Å². The first-order valence-electron chi connectivity index (χ1n) is 8.36. The standard InChI is InChI=1S/C19H29NO4/c1-15(13-23-14-16-8-6-5-7-9-16)12-17(21)10-11-20-18(22)24-19(2,3)4/h5-9,15H,10-14H2,1-4H3,(H,20,22). The molecule has 0 spiro atoms. The summed E-state index contributed by atoms with van der Waals surface area (Å²) in [5.74, 6) is 0.268. The van der Waals surface area contributed by atoms with Gasteiger partial charge in [-0.25, -0.2) is 4.79 Å². The Morgan fingerprint density at radius 1 is 1.17 bits per heavy atom. The van der Waals surface area contributed by atoms with Crippen LogP contribution < -0.4 is 5.32 Å². The quantitative estimate of drug-likeness (QED) is 0.747. The van der Waals surface area contributed by atoms with Crippen LogP contribution >= 0.6 is 0 Å². The number of rotatable bonds is 9. The van der Waals surface area contributed by atoms with E-state index in [0.29, 0.717) is 32.6 Å². The molecule has 0 fully saturated rings. The molecule has 0 aliphatic heterocycles. The number of carbonyl (C=O) groups excluding carboxylic acids is 2. The number of hydrogen-bond acceptors (Lipinski definition) is 4. The fourth-order valence-electron chi connectivity index (χ4n) is 2.12. The van der Waals surface area contributed by atoms with E-state index in [-0.39, 0.29) is 11.7 Å². The maximum Gasteiger partial charge on any atom is 0.407 e. The van der Waals surface area contributed by atoms with Gasteiger partial charge in [-0.1, -0.05) is 37.3 Å². The number of alkyl carbamates (subject to hydrolysis) is 1. The monoisotopic (exact) mass is 335 g/mol. The van der Waals surface area contributed by atoms with Gasteiger partial charge < -0.3 is 14.8 Å². The van der Waals surface area contributed by atoms with Crippen LogP contribution in [0, 0.1) is 5.92 Å². The van der Waals surface area contributed by atoms with Crippen LogP contribution in [0.5, 0.6) is 0 Å². The second-order valence-corrected chi connectivity index (χ2v) is 7.03. The van der Waals surface area contributed by atoms with Crippen molar-refractivity contribution in [3.63, 3.8) is 0 Å². The van der Waals surface area contributed by atoms with E-state index in [2.05, 4.69) is 5.32 Å². The minimum atomic E-state index is -0.529. The van der Waals surface area contributed by atoms with Crippen LogP contribution in [0.4, 0.5) is 4.79 Å². The molecule has 0 aromatic heterocycles. The molecule has 134 valence electrons. The molecule has 24 heavy (non-hydrogen) atoms. The van der Waals surface area contributed by atoms with Crippen molar-refractivity contribution >= 4 is 11.9 Å². The number of Topliss-reactive ketones (excluding diaryl/α,β-unsaturated/α-hetero) is 1. The average Bonchev–Trinajstić information content (AvgIpc) is 2.46. The normalized spacial score (nSPS) is 12.5. The van der Waals surface area contributed by atoms with Gasteiger partial charge in [0.1, 0.15) is 11.4 Å². The van der Waals surface area contributed by atoms with Crippen LogP contribution in [0.2, 0.25) is 0 Å². The van der Waals surface area contributed by atoms with Crippen molar-refractivity contribution < 1.29 is 19.1 Å². The lowest BCUT2D eigenvalue weighted by molar-refractivity contribution is -0.120. The van der Waals surface area contributed by atoms with Crippen LogP contribution in [0.25, 0.3) is 0 Å². The van der Waals surface area contributed by atoms with Gasteiger partial charge in [0.15, 0.2) is 0 Å². The summed E-state index contributed by atoms with van der Waals surface area (Å²) >= 11 is 0. The van der Waals surface area contributed by atoms with E-state index < -0.39 is 11.7 Å². The van der Waals surface area contributed by atoms with Crippen molar-refractivity contribution in [1.82, 2.24) is 5.32 Å². The van der Waals surface area contributed by atoms with E-state index in [1.165, 1.54) is 0 Å². The average molecular weight is 335 g/mol. The SMILES string of the molecule is CC(COCc1ccccc1)CC(=O)CCNC(=O)OC(C)(C)C. The highest BCUT2D eigenvalue weighted by atomic mass is 16.6. The van der Waals surface area contributed by atoms with E-state index >= 15 is 0 Å². The lowest BCUT2D eigenvalue weighted by Crippen LogP contribution is -2.33. The minimum absolute atomic E-state index is 0.113. The van der Waals surface area contributed by atoms with Gasteiger partial charge in [-0.2, -0.15) is 0 Å². The molecule has 1 unspecified atom stereocenters. The summed E-state index contributed by atoms with van der Waals surface area (Å²) in [5, 5.41) is 2.59. The number of benzene rings is 1. The Kier molecular flexibility index (Phi) is 8.47. The molecule has 1 amide bonds. The van der Waals surface area contributed by atoms with E-state index in [1.807, 2.05) is 37.3 Å². The van der Waals surface area contributed by atoms with E-state index in [1.54, 1.807) is 20.8 Å². The third-order valence-electron chi connectivity index (χ3n) is 3.16. The zero-order valence-electron chi connectivity index (χ0n) is 15.1. The Labute approximate surface area is 144 Å². The highest BCUT2D eigenvalue weighted by molar-refractivity contribution is 5.79. The van der Waals surface area contributed by atoms with Crippen LogP contribution in [-0.4, -0.2) is 30.6 Å². The molecule has 1 aromatic rings. The molecule has 0 radical (unpaired) electrons. The first-order valence-corrected chi connectivity index (χ1v) is 8.36. The molecule has 1 aromatic carbocycles. The van der Waals surface area contributed by atoms with Gasteiger partial charge in [0.05, 0.1) is 6.61 Å². The Bertz CT molecular complexity index is 508. The third kappa shape index (κ3) is 10.0. The topological polar surface area (TPSA) is 64.6 Å². The van der Waals surface area contributed by atoms with Gasteiger partial charge in [0, 0.05) is 26.0 Å². The maximum absolute atomic E-state index is 11.9. The van der Waals surface area contributed by atoms with Crippen molar-refractivity contribution in [3.8, 4) is 0 Å². The molecule has 1 N–H and O–H groups in total. The number of hydrogen-bond donors (Lipinski definition) is 1. The number of amides is 1. The van der Waals surface area contributed by atoms with Crippen LogP contribution in [-0.2, 0) is 20.9 Å². The molecule has 0 saturated carbocycles. The molecule has 0 aliphatic rings. The van der Waals surface area contributed by atoms with Crippen LogP contribution in [0.1, 0.15) is 46.1 Å². The van der Waals surface area contributed by atoms with Gasteiger partial charge in [-0.15, -0.1) is 0 Å². The van der Waals surface area contributed by atoms with Gasteiger partial charge in [-0.05, 0) is 32.3 Å². The second kappa shape index (κ2) is 10.1. The summed E-state index contributed by atoms with van der Waals surface area (Å²) in [6.07, 6.45) is 0.266. The second-order valence-electron chi connectivity index (χ2n) is 7.03. The van der Waals surface area contributed by atoms with Crippen molar-refractivity contribution in [2.75, 3.05) is 13.2 Å². The number of nitrogens with one attached hydrogen (secondary N) is 1. The third-order valence-corrected chi connectivity index (χ3v) is 3.16. The van der Waals surface area contributed by atoms with Crippen LogP contribution in [0.3, 0.4) is 0 Å². The summed E-state index contributed by atoms with van der Waals surface area (Å²) in [6, 6.07) is 9.94. The molecule has 1 atom stereocenters. The Hall–Kier alpha value is -1.88. The number of carbonyl (C=O) groups is 2. The van der Waals surface area contributed by atoms with E-state index in [9.17, 15) is 9.59 Å². The lowest BCUT2D eigenvalue weighted by atomic mass is 10.0. The van der Waals surface area contributed by atoms with Crippen molar-refractivity contribution in [3.05, 3.63) is 35.9 Å². The van der Waals surface area contributed by atoms with Gasteiger partial charge >= 0.3 is 6.09 Å². The van der Waals surface area contributed by atoms with Crippen molar-refractivity contribution in [1.29, 1.82) is 0 Å². The Morgan fingerprint density at radius 2 is 1.83 bits per heavy atom. The molecule has 5 heteroatoms. The summed E-state index contributed by atoms with van der Waals surface area (Å²) in [4.78, 5) is 23.4. The highest BCUT2D eigenvalue weighted by Crippen LogP contribution is 2.09. The number of ether oxygens (including phenoxy) is 2. The van der Waals surface area contributed by atoms with Gasteiger partial charge in [0.25, 0.3) is 0 Å².